The lowest BCUT2D eigenvalue weighted by atomic mass is 10.1. The van der Waals surface area contributed by atoms with Crippen LogP contribution in [0, 0.1) is 6.92 Å². The summed E-state index contributed by atoms with van der Waals surface area (Å²) in [7, 11) is 2.10. The zero-order valence-corrected chi connectivity index (χ0v) is 11.9. The molecule has 0 bridgehead atoms. The molecule has 0 aliphatic carbocycles. The van der Waals surface area contributed by atoms with E-state index in [-0.39, 0.29) is 6.10 Å². The molecule has 19 heavy (non-hydrogen) atoms. The smallest absolute Gasteiger partial charge is 0.122 e. The zero-order valence-electron chi connectivity index (χ0n) is 11.9. The Hall–Kier alpha value is -1.10. The van der Waals surface area contributed by atoms with Gasteiger partial charge in [0.2, 0.25) is 0 Å². The van der Waals surface area contributed by atoms with Crippen molar-refractivity contribution >= 4 is 0 Å². The molecule has 0 aromatic heterocycles. The minimum atomic E-state index is -0.442. The van der Waals surface area contributed by atoms with Gasteiger partial charge in [0, 0.05) is 13.1 Å². The predicted octanol–water partition coefficient (Wildman–Crippen LogP) is 1.76. The van der Waals surface area contributed by atoms with E-state index in [0.29, 0.717) is 6.61 Å². The summed E-state index contributed by atoms with van der Waals surface area (Å²) < 4.78 is 11.5. The summed E-state index contributed by atoms with van der Waals surface area (Å²) in [6.45, 7) is 6.99. The Morgan fingerprint density at radius 1 is 1.53 bits per heavy atom. The second kappa shape index (κ2) is 6.37. The summed E-state index contributed by atoms with van der Waals surface area (Å²) in [4.78, 5) is 2.25. The Morgan fingerprint density at radius 3 is 2.95 bits per heavy atom. The van der Waals surface area contributed by atoms with Crippen molar-refractivity contribution in [2.75, 3.05) is 33.4 Å². The van der Waals surface area contributed by atoms with E-state index >= 15 is 0 Å². The molecule has 0 amide bonds. The Kier molecular flexibility index (Phi) is 4.80. The fourth-order valence-electron chi connectivity index (χ4n) is 2.24. The number of hydrogen-bond donors (Lipinski definition) is 1. The number of aliphatic hydroxyl groups excluding tert-OH is 1. The monoisotopic (exact) mass is 265 g/mol. The van der Waals surface area contributed by atoms with Gasteiger partial charge in [0.1, 0.15) is 18.5 Å². The van der Waals surface area contributed by atoms with Crippen LogP contribution in [0.1, 0.15) is 24.2 Å². The molecule has 1 heterocycles. The number of aliphatic hydroxyl groups is 1. The van der Waals surface area contributed by atoms with E-state index in [0.717, 1.165) is 36.6 Å². The van der Waals surface area contributed by atoms with Crippen LogP contribution in [-0.2, 0) is 4.74 Å². The molecular weight excluding hydrogens is 242 g/mol. The summed E-state index contributed by atoms with van der Waals surface area (Å²) in [6.07, 6.45) is -0.308. The first-order valence-electron chi connectivity index (χ1n) is 6.78. The molecular formula is C15H23NO3. The molecule has 1 saturated heterocycles. The van der Waals surface area contributed by atoms with Crippen molar-refractivity contribution in [2.45, 2.75) is 26.1 Å². The van der Waals surface area contributed by atoms with E-state index in [2.05, 4.69) is 11.9 Å². The Morgan fingerprint density at radius 2 is 2.32 bits per heavy atom. The van der Waals surface area contributed by atoms with Crippen molar-refractivity contribution in [3.63, 3.8) is 0 Å². The second-order valence-electron chi connectivity index (χ2n) is 5.27. The van der Waals surface area contributed by atoms with Crippen LogP contribution in [-0.4, -0.2) is 49.5 Å². The average Bonchev–Trinajstić information content (AvgIpc) is 2.37. The van der Waals surface area contributed by atoms with Gasteiger partial charge in [-0.1, -0.05) is 6.07 Å². The normalized spacial score (nSPS) is 22.2. The van der Waals surface area contributed by atoms with Crippen molar-refractivity contribution in [1.82, 2.24) is 4.90 Å². The molecule has 0 spiro atoms. The highest BCUT2D eigenvalue weighted by Crippen LogP contribution is 2.23. The summed E-state index contributed by atoms with van der Waals surface area (Å²) in [5.74, 6) is 0.862. The fraction of sp³-hybridized carbons (Fsp3) is 0.600. The fourth-order valence-corrected chi connectivity index (χ4v) is 2.24. The molecule has 1 aliphatic rings. The number of nitrogens with zero attached hydrogens (tertiary/aromatic N) is 1. The zero-order chi connectivity index (χ0) is 13.8. The lowest BCUT2D eigenvalue weighted by Gasteiger charge is -2.30. The lowest BCUT2D eigenvalue weighted by molar-refractivity contribution is -0.0404. The van der Waals surface area contributed by atoms with Crippen LogP contribution < -0.4 is 4.74 Å². The molecule has 1 N–H and O–H groups in total. The van der Waals surface area contributed by atoms with Gasteiger partial charge in [0.15, 0.2) is 0 Å². The Balaban J connectivity index is 1.92. The second-order valence-corrected chi connectivity index (χ2v) is 5.27. The maximum Gasteiger partial charge on any atom is 0.122 e. The van der Waals surface area contributed by atoms with Crippen LogP contribution in [0.3, 0.4) is 0 Å². The van der Waals surface area contributed by atoms with Gasteiger partial charge in [-0.15, -0.1) is 0 Å². The molecule has 0 saturated carbocycles. The number of morpholine rings is 1. The largest absolute Gasteiger partial charge is 0.491 e. The Bertz CT molecular complexity index is 420. The van der Waals surface area contributed by atoms with E-state index < -0.39 is 6.10 Å². The molecule has 0 radical (unpaired) electrons. The topological polar surface area (TPSA) is 41.9 Å². The molecule has 1 fully saturated rings. The molecule has 1 aliphatic heterocycles. The van der Waals surface area contributed by atoms with E-state index in [4.69, 9.17) is 9.47 Å². The van der Waals surface area contributed by atoms with Crippen molar-refractivity contribution in [3.05, 3.63) is 29.3 Å². The number of rotatable bonds is 4. The van der Waals surface area contributed by atoms with Crippen molar-refractivity contribution in [2.24, 2.45) is 0 Å². The van der Waals surface area contributed by atoms with Crippen LogP contribution in [0.15, 0.2) is 18.2 Å². The predicted molar refractivity (Wildman–Crippen MR) is 74.5 cm³/mol. The first-order chi connectivity index (χ1) is 9.06. The SMILES string of the molecule is Cc1cc([C@@H](C)O)ccc1OCC1CN(C)CCO1. The first kappa shape index (κ1) is 14.3. The number of likely N-dealkylation sites (N-methyl/N-ethyl adjacent to an activating group) is 1. The van der Waals surface area contributed by atoms with Gasteiger partial charge in [-0.3, -0.25) is 0 Å². The third kappa shape index (κ3) is 3.93. The molecule has 4 nitrogen and oxygen atoms in total. The standard InChI is InChI=1S/C15H23NO3/c1-11-8-13(12(2)17)4-5-15(11)19-10-14-9-16(3)6-7-18-14/h4-5,8,12,14,17H,6-7,9-10H2,1-3H3/t12-,14?/m1/s1. The molecule has 1 aromatic carbocycles. The number of aryl methyl sites for hydroxylation is 1. The third-order valence-corrected chi connectivity index (χ3v) is 3.45. The molecule has 106 valence electrons. The first-order valence-corrected chi connectivity index (χ1v) is 6.78. The van der Waals surface area contributed by atoms with E-state index in [1.54, 1.807) is 6.92 Å². The van der Waals surface area contributed by atoms with Crippen LogP contribution in [0.25, 0.3) is 0 Å². The number of ether oxygens (including phenoxy) is 2. The van der Waals surface area contributed by atoms with Gasteiger partial charge in [0.25, 0.3) is 0 Å². The minimum Gasteiger partial charge on any atom is -0.491 e. The van der Waals surface area contributed by atoms with Crippen LogP contribution in [0.5, 0.6) is 5.75 Å². The molecule has 2 rings (SSSR count). The van der Waals surface area contributed by atoms with Crippen LogP contribution in [0.4, 0.5) is 0 Å². The van der Waals surface area contributed by atoms with E-state index in [1.165, 1.54) is 0 Å². The maximum atomic E-state index is 9.54. The van der Waals surface area contributed by atoms with Crippen LogP contribution in [0.2, 0.25) is 0 Å². The highest BCUT2D eigenvalue weighted by atomic mass is 16.5. The highest BCUT2D eigenvalue weighted by Gasteiger charge is 2.18. The molecule has 2 atom stereocenters. The number of benzene rings is 1. The minimum absolute atomic E-state index is 0.134. The van der Waals surface area contributed by atoms with Crippen LogP contribution >= 0.6 is 0 Å². The van der Waals surface area contributed by atoms with Crippen molar-refractivity contribution < 1.29 is 14.6 Å². The van der Waals surface area contributed by atoms with Gasteiger partial charge in [-0.05, 0) is 44.2 Å². The third-order valence-electron chi connectivity index (χ3n) is 3.45. The quantitative estimate of drug-likeness (QED) is 0.900. The summed E-state index contributed by atoms with van der Waals surface area (Å²) in [5, 5.41) is 9.54. The van der Waals surface area contributed by atoms with Gasteiger partial charge >= 0.3 is 0 Å². The van der Waals surface area contributed by atoms with Crippen molar-refractivity contribution in [1.29, 1.82) is 0 Å². The van der Waals surface area contributed by atoms with Crippen molar-refractivity contribution in [3.8, 4) is 5.75 Å². The van der Waals surface area contributed by atoms with E-state index in [1.807, 2.05) is 25.1 Å². The van der Waals surface area contributed by atoms with Gasteiger partial charge < -0.3 is 19.5 Å². The summed E-state index contributed by atoms with van der Waals surface area (Å²) in [6, 6.07) is 5.79. The molecule has 4 heteroatoms. The van der Waals surface area contributed by atoms with E-state index in [9.17, 15) is 5.11 Å². The Labute approximate surface area is 114 Å². The highest BCUT2D eigenvalue weighted by molar-refractivity contribution is 5.36. The maximum absolute atomic E-state index is 9.54. The lowest BCUT2D eigenvalue weighted by Crippen LogP contribution is -2.42. The summed E-state index contributed by atoms with van der Waals surface area (Å²) >= 11 is 0. The molecule has 1 unspecified atom stereocenters. The van der Waals surface area contributed by atoms with Gasteiger partial charge in [0.05, 0.1) is 12.7 Å². The van der Waals surface area contributed by atoms with Gasteiger partial charge in [-0.2, -0.15) is 0 Å². The van der Waals surface area contributed by atoms with Gasteiger partial charge in [-0.25, -0.2) is 0 Å². The number of hydrogen-bond acceptors (Lipinski definition) is 4. The molecule has 1 aromatic rings. The summed E-state index contributed by atoms with van der Waals surface area (Å²) in [5.41, 5.74) is 1.96. The average molecular weight is 265 g/mol.